The number of carbonyl (C=O) groups excluding carboxylic acids is 2. The molecule has 1 heterocycles. The van der Waals surface area contributed by atoms with Crippen molar-refractivity contribution < 1.29 is 14.3 Å². The van der Waals surface area contributed by atoms with Crippen molar-refractivity contribution in [2.24, 2.45) is 5.92 Å². The molecule has 2 amide bonds. The van der Waals surface area contributed by atoms with Gasteiger partial charge in [0, 0.05) is 13.1 Å². The molecule has 1 aliphatic rings. The summed E-state index contributed by atoms with van der Waals surface area (Å²) in [6.07, 6.45) is 4.71. The molecule has 1 aromatic carbocycles. The minimum Gasteiger partial charge on any atom is -0.445 e. The number of amides is 2. The highest BCUT2D eigenvalue weighted by atomic mass is 16.5. The topological polar surface area (TPSA) is 58.6 Å². The number of rotatable bonds is 6. The molecule has 1 N–H and O–H groups in total. The minimum atomic E-state index is -0.530. The van der Waals surface area contributed by atoms with E-state index in [1.807, 2.05) is 49.1 Å². The van der Waals surface area contributed by atoms with Gasteiger partial charge >= 0.3 is 6.09 Å². The predicted octanol–water partition coefficient (Wildman–Crippen LogP) is 3.73. The molecule has 0 bridgehead atoms. The average molecular weight is 346 g/mol. The number of alkyl carbamates (subject to hydrolysis) is 1. The molecule has 0 spiro atoms. The van der Waals surface area contributed by atoms with E-state index in [0.29, 0.717) is 0 Å². The van der Waals surface area contributed by atoms with E-state index in [2.05, 4.69) is 5.32 Å². The van der Waals surface area contributed by atoms with E-state index in [4.69, 9.17) is 4.74 Å². The maximum absolute atomic E-state index is 12.9. The van der Waals surface area contributed by atoms with Gasteiger partial charge in [-0.05, 0) is 24.3 Å². The Morgan fingerprint density at radius 1 is 1.12 bits per heavy atom. The highest BCUT2D eigenvalue weighted by molar-refractivity contribution is 5.86. The first-order valence-corrected chi connectivity index (χ1v) is 9.37. The average Bonchev–Trinajstić information content (AvgIpc) is 2.93. The van der Waals surface area contributed by atoms with Gasteiger partial charge in [-0.2, -0.15) is 0 Å². The van der Waals surface area contributed by atoms with E-state index < -0.39 is 12.1 Å². The third kappa shape index (κ3) is 6.07. The second-order valence-electron chi connectivity index (χ2n) is 6.81. The fraction of sp³-hybridized carbons (Fsp3) is 0.600. The van der Waals surface area contributed by atoms with Crippen molar-refractivity contribution in [1.29, 1.82) is 0 Å². The molecule has 2 unspecified atom stereocenters. The zero-order chi connectivity index (χ0) is 18.1. The molecular weight excluding hydrogens is 316 g/mol. The van der Waals surface area contributed by atoms with Crippen LogP contribution in [0.5, 0.6) is 0 Å². The predicted molar refractivity (Wildman–Crippen MR) is 98.1 cm³/mol. The van der Waals surface area contributed by atoms with E-state index in [0.717, 1.165) is 37.9 Å². The number of nitrogens with one attached hydrogen (secondary N) is 1. The van der Waals surface area contributed by atoms with Gasteiger partial charge in [-0.1, -0.05) is 63.4 Å². The summed E-state index contributed by atoms with van der Waals surface area (Å²) >= 11 is 0. The molecular formula is C20H30N2O3. The molecule has 0 radical (unpaired) electrons. The lowest BCUT2D eigenvalue weighted by molar-refractivity contribution is -0.134. The van der Waals surface area contributed by atoms with Crippen LogP contribution in [-0.2, 0) is 16.1 Å². The van der Waals surface area contributed by atoms with Crippen molar-refractivity contribution in [2.75, 3.05) is 13.1 Å². The zero-order valence-electron chi connectivity index (χ0n) is 15.4. The maximum Gasteiger partial charge on any atom is 0.408 e. The van der Waals surface area contributed by atoms with Gasteiger partial charge in [-0.15, -0.1) is 0 Å². The number of nitrogens with zero attached hydrogens (tertiary/aromatic N) is 1. The van der Waals surface area contributed by atoms with Gasteiger partial charge in [-0.25, -0.2) is 4.79 Å². The Balaban J connectivity index is 1.94. The van der Waals surface area contributed by atoms with Crippen LogP contribution >= 0.6 is 0 Å². The molecule has 1 aromatic rings. The molecule has 0 aliphatic carbocycles. The summed E-state index contributed by atoms with van der Waals surface area (Å²) in [5.41, 5.74) is 0.927. The fourth-order valence-electron chi connectivity index (χ4n) is 3.06. The van der Waals surface area contributed by atoms with E-state index in [-0.39, 0.29) is 18.4 Å². The molecule has 0 aromatic heterocycles. The molecule has 2 atom stereocenters. The van der Waals surface area contributed by atoms with Crippen LogP contribution in [0.3, 0.4) is 0 Å². The number of likely N-dealkylation sites (tertiary alicyclic amines) is 1. The third-order valence-electron chi connectivity index (χ3n) is 4.88. The Hall–Kier alpha value is -2.04. The molecule has 0 saturated carbocycles. The number of hydrogen-bond acceptors (Lipinski definition) is 3. The van der Waals surface area contributed by atoms with Crippen LogP contribution in [0, 0.1) is 5.92 Å². The summed E-state index contributed by atoms with van der Waals surface area (Å²) in [5, 5.41) is 2.80. The van der Waals surface area contributed by atoms with Crippen LogP contribution < -0.4 is 5.32 Å². The first-order valence-electron chi connectivity index (χ1n) is 9.37. The SMILES string of the molecule is CCC(C)C(NC(=O)OCc1ccccc1)C(=O)N1CCCCCC1. The maximum atomic E-state index is 12.9. The van der Waals surface area contributed by atoms with Gasteiger partial charge in [0.15, 0.2) is 0 Å². The Bertz CT molecular complexity index is 539. The monoisotopic (exact) mass is 346 g/mol. The Kier molecular flexibility index (Phi) is 7.76. The molecule has 138 valence electrons. The Labute approximate surface area is 150 Å². The van der Waals surface area contributed by atoms with Gasteiger partial charge in [0.2, 0.25) is 5.91 Å². The van der Waals surface area contributed by atoms with E-state index >= 15 is 0 Å². The first kappa shape index (κ1) is 19.3. The number of ether oxygens (including phenoxy) is 1. The molecule has 1 saturated heterocycles. The van der Waals surface area contributed by atoms with Crippen molar-refractivity contribution in [2.45, 2.75) is 58.6 Å². The van der Waals surface area contributed by atoms with Gasteiger partial charge in [0.1, 0.15) is 12.6 Å². The van der Waals surface area contributed by atoms with Crippen molar-refractivity contribution >= 4 is 12.0 Å². The zero-order valence-corrected chi connectivity index (χ0v) is 15.4. The highest BCUT2D eigenvalue weighted by Gasteiger charge is 2.30. The van der Waals surface area contributed by atoms with Gasteiger partial charge in [0.05, 0.1) is 0 Å². The van der Waals surface area contributed by atoms with Crippen LogP contribution in [0.25, 0.3) is 0 Å². The lowest BCUT2D eigenvalue weighted by atomic mass is 9.98. The molecule has 2 rings (SSSR count). The highest BCUT2D eigenvalue weighted by Crippen LogP contribution is 2.16. The lowest BCUT2D eigenvalue weighted by Crippen LogP contribution is -2.52. The molecule has 5 heteroatoms. The van der Waals surface area contributed by atoms with Crippen LogP contribution in [0.2, 0.25) is 0 Å². The number of carbonyl (C=O) groups is 2. The van der Waals surface area contributed by atoms with E-state index in [1.54, 1.807) is 0 Å². The summed E-state index contributed by atoms with van der Waals surface area (Å²) in [6.45, 7) is 5.80. The van der Waals surface area contributed by atoms with Gasteiger partial charge < -0.3 is 15.0 Å². The minimum absolute atomic E-state index is 0.0212. The first-order chi connectivity index (χ1) is 12.1. The number of hydrogen-bond donors (Lipinski definition) is 1. The van der Waals surface area contributed by atoms with Crippen molar-refractivity contribution in [3.8, 4) is 0 Å². The van der Waals surface area contributed by atoms with Gasteiger partial charge in [-0.3, -0.25) is 4.79 Å². The summed E-state index contributed by atoms with van der Waals surface area (Å²) in [5.74, 6) is 0.0907. The smallest absolute Gasteiger partial charge is 0.408 e. The van der Waals surface area contributed by atoms with Crippen molar-refractivity contribution in [3.05, 3.63) is 35.9 Å². The largest absolute Gasteiger partial charge is 0.445 e. The summed E-state index contributed by atoms with van der Waals surface area (Å²) in [6, 6.07) is 9.01. The third-order valence-corrected chi connectivity index (χ3v) is 4.88. The number of benzene rings is 1. The molecule has 5 nitrogen and oxygen atoms in total. The second kappa shape index (κ2) is 10.1. The molecule has 25 heavy (non-hydrogen) atoms. The Morgan fingerprint density at radius 2 is 1.76 bits per heavy atom. The van der Waals surface area contributed by atoms with Gasteiger partial charge in [0.25, 0.3) is 0 Å². The lowest BCUT2D eigenvalue weighted by Gasteiger charge is -2.29. The van der Waals surface area contributed by atoms with Crippen LogP contribution in [0.15, 0.2) is 30.3 Å². The summed E-state index contributed by atoms with van der Waals surface area (Å²) in [4.78, 5) is 27.0. The molecule has 1 aliphatic heterocycles. The summed E-state index contributed by atoms with van der Waals surface area (Å²) in [7, 11) is 0. The van der Waals surface area contributed by atoms with E-state index in [1.165, 1.54) is 12.8 Å². The normalized spacial score (nSPS) is 17.3. The molecule has 1 fully saturated rings. The quantitative estimate of drug-likeness (QED) is 0.854. The van der Waals surface area contributed by atoms with Crippen LogP contribution in [0.4, 0.5) is 4.79 Å². The second-order valence-corrected chi connectivity index (χ2v) is 6.81. The standard InChI is InChI=1S/C20H30N2O3/c1-3-16(2)18(19(23)22-13-9-4-5-10-14-22)21-20(24)25-15-17-11-7-6-8-12-17/h6-8,11-12,16,18H,3-5,9-10,13-15H2,1-2H3,(H,21,24). The fourth-order valence-corrected chi connectivity index (χ4v) is 3.06. The summed E-state index contributed by atoms with van der Waals surface area (Å²) < 4.78 is 5.29. The Morgan fingerprint density at radius 3 is 2.36 bits per heavy atom. The van der Waals surface area contributed by atoms with E-state index in [9.17, 15) is 9.59 Å². The van der Waals surface area contributed by atoms with Crippen LogP contribution in [0.1, 0.15) is 51.5 Å². The van der Waals surface area contributed by atoms with Crippen molar-refractivity contribution in [3.63, 3.8) is 0 Å². The van der Waals surface area contributed by atoms with Crippen LogP contribution in [-0.4, -0.2) is 36.0 Å². The van der Waals surface area contributed by atoms with Crippen molar-refractivity contribution in [1.82, 2.24) is 10.2 Å².